The minimum absolute atomic E-state index is 0.0528. The third kappa shape index (κ3) is 3.54. The van der Waals surface area contributed by atoms with Gasteiger partial charge >= 0.3 is 0 Å². The van der Waals surface area contributed by atoms with Gasteiger partial charge in [0.1, 0.15) is 11.5 Å². The van der Waals surface area contributed by atoms with E-state index in [-0.39, 0.29) is 31.2 Å². The van der Waals surface area contributed by atoms with E-state index in [2.05, 4.69) is 0 Å². The number of benzene rings is 3. The molecule has 0 saturated heterocycles. The van der Waals surface area contributed by atoms with Crippen molar-refractivity contribution in [1.82, 2.24) is 0 Å². The molecule has 0 heterocycles. The Labute approximate surface area is 186 Å². The van der Waals surface area contributed by atoms with Crippen LogP contribution in [0, 0.1) is 0 Å². The van der Waals surface area contributed by atoms with Crippen LogP contribution in [0.4, 0.5) is 0 Å². The zero-order valence-electron chi connectivity index (χ0n) is 14.3. The molecule has 0 spiro atoms. The van der Waals surface area contributed by atoms with Crippen LogP contribution in [0.2, 0.25) is 20.1 Å². The lowest BCUT2D eigenvalue weighted by Crippen LogP contribution is -2.39. The van der Waals surface area contributed by atoms with Gasteiger partial charge in [-0.25, -0.2) is 0 Å². The van der Waals surface area contributed by atoms with Crippen molar-refractivity contribution in [3.63, 3.8) is 0 Å². The molecule has 1 unspecified atom stereocenters. The Bertz CT molecular complexity index is 1180. The Kier molecular flexibility index (Phi) is 5.98. The number of phenols is 2. The average molecular weight is 494 g/mol. The van der Waals surface area contributed by atoms with E-state index in [0.717, 1.165) is 12.1 Å². The fourth-order valence-corrected chi connectivity index (χ4v) is 5.78. The van der Waals surface area contributed by atoms with E-state index in [1.54, 1.807) is 6.07 Å². The molecule has 29 heavy (non-hydrogen) atoms. The fraction of sp³-hybridized carbons (Fsp3) is 0.0526. The van der Waals surface area contributed by atoms with Gasteiger partial charge in [0.05, 0.1) is 15.6 Å². The van der Waals surface area contributed by atoms with Crippen molar-refractivity contribution in [2.75, 3.05) is 0 Å². The standard InChI is InChI=1S/C19H12Cl4O5S/c20-11-8-14(24)17(15(25)9-11)19(29(26,27)28,10-4-2-1-3-5-10)16-12(21)6-7-13(22)18(16)23/h1-9,24-25H,(H,26,27,28). The molecular formula is C19H12Cl4O5S. The Balaban J connectivity index is 2.69. The number of hydrogen-bond donors (Lipinski definition) is 3. The maximum Gasteiger partial charge on any atom is 0.283 e. The van der Waals surface area contributed by atoms with Crippen LogP contribution in [0.15, 0.2) is 54.6 Å². The first-order valence-electron chi connectivity index (χ1n) is 7.90. The van der Waals surface area contributed by atoms with Crippen LogP contribution in [0.1, 0.15) is 16.7 Å². The second kappa shape index (κ2) is 7.87. The number of halogens is 4. The molecule has 3 N–H and O–H groups in total. The lowest BCUT2D eigenvalue weighted by atomic mass is 9.82. The van der Waals surface area contributed by atoms with Crippen LogP contribution >= 0.6 is 46.4 Å². The molecule has 3 rings (SSSR count). The zero-order valence-corrected chi connectivity index (χ0v) is 18.1. The molecule has 0 radical (unpaired) electrons. The van der Waals surface area contributed by atoms with Crippen LogP contribution in [0.25, 0.3) is 0 Å². The van der Waals surface area contributed by atoms with E-state index in [1.807, 2.05) is 0 Å². The fourth-order valence-electron chi connectivity index (χ4n) is 3.28. The molecular weight excluding hydrogens is 482 g/mol. The van der Waals surface area contributed by atoms with Gasteiger partial charge in [0, 0.05) is 15.6 Å². The summed E-state index contributed by atoms with van der Waals surface area (Å²) in [5, 5.41) is 20.6. The number of aromatic hydroxyl groups is 2. The van der Waals surface area contributed by atoms with Crippen LogP contribution < -0.4 is 0 Å². The Morgan fingerprint density at radius 2 is 1.28 bits per heavy atom. The van der Waals surface area contributed by atoms with Gasteiger partial charge < -0.3 is 10.2 Å². The van der Waals surface area contributed by atoms with E-state index in [4.69, 9.17) is 46.4 Å². The van der Waals surface area contributed by atoms with Gasteiger partial charge in [-0.05, 0) is 29.8 Å². The number of phenolic OH excluding ortho intramolecular Hbond substituents is 2. The largest absolute Gasteiger partial charge is 0.507 e. The van der Waals surface area contributed by atoms with Crippen LogP contribution in [-0.2, 0) is 14.9 Å². The molecule has 3 aromatic rings. The highest BCUT2D eigenvalue weighted by atomic mass is 35.5. The Morgan fingerprint density at radius 3 is 1.79 bits per heavy atom. The van der Waals surface area contributed by atoms with E-state index >= 15 is 0 Å². The minimum Gasteiger partial charge on any atom is -0.507 e. The first-order valence-corrected chi connectivity index (χ1v) is 10.9. The van der Waals surface area contributed by atoms with Gasteiger partial charge in [0.2, 0.25) is 0 Å². The normalized spacial score (nSPS) is 13.8. The molecule has 5 nitrogen and oxygen atoms in total. The molecule has 0 fully saturated rings. The van der Waals surface area contributed by atoms with Crippen LogP contribution in [-0.4, -0.2) is 23.2 Å². The lowest BCUT2D eigenvalue weighted by molar-refractivity contribution is 0.416. The van der Waals surface area contributed by atoms with Crippen molar-refractivity contribution in [3.05, 3.63) is 91.4 Å². The highest BCUT2D eigenvalue weighted by molar-refractivity contribution is 7.87. The molecule has 0 aromatic heterocycles. The molecule has 152 valence electrons. The summed E-state index contributed by atoms with van der Waals surface area (Å²) < 4.78 is 33.9. The summed E-state index contributed by atoms with van der Waals surface area (Å²) in [7, 11) is -5.20. The smallest absolute Gasteiger partial charge is 0.283 e. The highest BCUT2D eigenvalue weighted by Crippen LogP contribution is 2.55. The van der Waals surface area contributed by atoms with Gasteiger partial charge in [-0.3, -0.25) is 4.55 Å². The quantitative estimate of drug-likeness (QED) is 0.239. The number of hydrogen-bond acceptors (Lipinski definition) is 4. The predicted octanol–water partition coefficient (Wildman–Crippen LogP) is 5.89. The number of rotatable bonds is 4. The van der Waals surface area contributed by atoms with Crippen LogP contribution in [0.5, 0.6) is 11.5 Å². The van der Waals surface area contributed by atoms with E-state index in [0.29, 0.717) is 0 Å². The predicted molar refractivity (Wildman–Crippen MR) is 114 cm³/mol. The maximum absolute atomic E-state index is 13.0. The second-order valence-electron chi connectivity index (χ2n) is 6.06. The molecule has 0 aliphatic rings. The van der Waals surface area contributed by atoms with Crippen molar-refractivity contribution in [2.24, 2.45) is 0 Å². The summed E-state index contributed by atoms with van der Waals surface area (Å²) in [6, 6.07) is 12.0. The Hall–Kier alpha value is -1.67. The van der Waals surface area contributed by atoms with E-state index < -0.39 is 31.9 Å². The topological polar surface area (TPSA) is 94.8 Å². The van der Waals surface area contributed by atoms with Crippen molar-refractivity contribution in [1.29, 1.82) is 0 Å². The van der Waals surface area contributed by atoms with Gasteiger partial charge in [0.15, 0.2) is 4.75 Å². The van der Waals surface area contributed by atoms with Crippen LogP contribution in [0.3, 0.4) is 0 Å². The van der Waals surface area contributed by atoms with E-state index in [1.165, 1.54) is 36.4 Å². The summed E-state index contributed by atoms with van der Waals surface area (Å²) >= 11 is 24.6. The summed E-state index contributed by atoms with van der Waals surface area (Å²) in [6.45, 7) is 0. The molecule has 0 amide bonds. The third-order valence-corrected chi connectivity index (χ3v) is 7.13. The molecule has 10 heteroatoms. The molecule has 0 aliphatic heterocycles. The summed E-state index contributed by atoms with van der Waals surface area (Å²) in [6.07, 6.45) is 0. The molecule has 1 atom stereocenters. The molecule has 0 saturated carbocycles. The molecule has 3 aromatic carbocycles. The average Bonchev–Trinajstić information content (AvgIpc) is 2.62. The monoisotopic (exact) mass is 492 g/mol. The maximum atomic E-state index is 13.0. The van der Waals surface area contributed by atoms with E-state index in [9.17, 15) is 23.2 Å². The highest BCUT2D eigenvalue weighted by Gasteiger charge is 2.54. The van der Waals surface area contributed by atoms with Gasteiger partial charge in [-0.15, -0.1) is 0 Å². The zero-order chi connectivity index (χ0) is 21.6. The first kappa shape index (κ1) is 22.0. The first-order chi connectivity index (χ1) is 13.5. The lowest BCUT2D eigenvalue weighted by Gasteiger charge is -2.34. The van der Waals surface area contributed by atoms with Crippen molar-refractivity contribution >= 4 is 56.5 Å². The van der Waals surface area contributed by atoms with Gasteiger partial charge in [-0.2, -0.15) is 8.42 Å². The second-order valence-corrected chi connectivity index (χ2v) is 9.25. The van der Waals surface area contributed by atoms with Gasteiger partial charge in [0.25, 0.3) is 10.1 Å². The van der Waals surface area contributed by atoms with Crippen molar-refractivity contribution < 1.29 is 23.2 Å². The third-order valence-electron chi connectivity index (χ3n) is 4.38. The Morgan fingerprint density at radius 1 is 0.759 bits per heavy atom. The summed E-state index contributed by atoms with van der Waals surface area (Å²) in [4.78, 5) is 0. The summed E-state index contributed by atoms with van der Waals surface area (Å²) in [5.41, 5.74) is -0.974. The minimum atomic E-state index is -5.20. The van der Waals surface area contributed by atoms with Crippen molar-refractivity contribution in [3.8, 4) is 11.5 Å². The molecule has 0 aliphatic carbocycles. The molecule has 0 bridgehead atoms. The van der Waals surface area contributed by atoms with Gasteiger partial charge in [-0.1, -0.05) is 76.7 Å². The summed E-state index contributed by atoms with van der Waals surface area (Å²) in [5.74, 6) is -1.41. The SMILES string of the molecule is O=S(=O)(O)C(c1ccccc1)(c1c(O)cc(Cl)cc1O)c1c(Cl)ccc(Cl)c1Cl. The van der Waals surface area contributed by atoms with Crippen molar-refractivity contribution in [2.45, 2.75) is 4.75 Å².